The second-order valence-electron chi connectivity index (χ2n) is 6.03. The maximum atomic E-state index is 12.0. The van der Waals surface area contributed by atoms with Crippen molar-refractivity contribution in [2.24, 2.45) is 0 Å². The quantitative estimate of drug-likeness (QED) is 0.434. The fourth-order valence-corrected chi connectivity index (χ4v) is 3.73. The third kappa shape index (κ3) is 4.70. The lowest BCUT2D eigenvalue weighted by molar-refractivity contribution is -0.384. The molecule has 1 aromatic heterocycles. The Morgan fingerprint density at radius 3 is 2.52 bits per heavy atom. The maximum absolute atomic E-state index is 12.0. The molecule has 29 heavy (non-hydrogen) atoms. The first-order valence-corrected chi connectivity index (χ1v) is 10.3. The van der Waals surface area contributed by atoms with E-state index in [1.54, 1.807) is 42.6 Å². The van der Waals surface area contributed by atoms with Gasteiger partial charge in [0.1, 0.15) is 5.69 Å². The highest BCUT2D eigenvalue weighted by Crippen LogP contribution is 2.33. The summed E-state index contributed by atoms with van der Waals surface area (Å²) in [4.78, 5) is 15.1. The van der Waals surface area contributed by atoms with Gasteiger partial charge in [0.05, 0.1) is 21.6 Å². The third-order valence-electron chi connectivity index (χ3n) is 4.21. The topological polar surface area (TPSA) is 114 Å². The first-order valence-electron chi connectivity index (χ1n) is 8.47. The van der Waals surface area contributed by atoms with Crippen LogP contribution in [0.15, 0.2) is 71.8 Å². The zero-order chi connectivity index (χ0) is 21.0. The van der Waals surface area contributed by atoms with Crippen molar-refractivity contribution in [3.8, 4) is 0 Å². The van der Waals surface area contributed by atoms with E-state index < -0.39 is 21.0 Å². The molecule has 1 atom stereocenters. The number of rotatable bonds is 7. The molecule has 1 heterocycles. The van der Waals surface area contributed by atoms with Crippen molar-refractivity contribution in [1.29, 1.82) is 0 Å². The number of halogens is 1. The Morgan fingerprint density at radius 1 is 1.10 bits per heavy atom. The lowest BCUT2D eigenvalue weighted by Crippen LogP contribution is -2.19. The first kappa shape index (κ1) is 20.7. The number of anilines is 1. The predicted octanol–water partition coefficient (Wildman–Crippen LogP) is 3.75. The minimum Gasteiger partial charge on any atom is -0.367 e. The molecular formula is C19H17ClN4O4S. The molecule has 0 bridgehead atoms. The van der Waals surface area contributed by atoms with Gasteiger partial charge < -0.3 is 5.32 Å². The molecule has 2 N–H and O–H groups in total. The number of benzene rings is 2. The Balaban J connectivity index is 2.09. The van der Waals surface area contributed by atoms with Gasteiger partial charge in [-0.25, -0.2) is 13.1 Å². The fraction of sp³-hybridized carbons (Fsp3) is 0.105. The Hall–Kier alpha value is -3.01. The fourth-order valence-electron chi connectivity index (χ4n) is 2.79. The molecule has 0 saturated heterocycles. The van der Waals surface area contributed by atoms with Gasteiger partial charge in [0, 0.05) is 17.3 Å². The van der Waals surface area contributed by atoms with Gasteiger partial charge in [-0.1, -0.05) is 29.8 Å². The van der Waals surface area contributed by atoms with E-state index in [9.17, 15) is 18.5 Å². The molecule has 1 unspecified atom stereocenters. The number of aromatic nitrogens is 1. The predicted molar refractivity (Wildman–Crippen MR) is 110 cm³/mol. The molecule has 3 aromatic rings. The zero-order valence-electron chi connectivity index (χ0n) is 15.2. The van der Waals surface area contributed by atoms with Crippen LogP contribution in [0.4, 0.5) is 11.4 Å². The summed E-state index contributed by atoms with van der Waals surface area (Å²) in [7, 11) is -2.58. The van der Waals surface area contributed by atoms with Crippen molar-refractivity contribution < 1.29 is 13.3 Å². The second-order valence-corrected chi connectivity index (χ2v) is 8.35. The first-order chi connectivity index (χ1) is 13.8. The maximum Gasteiger partial charge on any atom is 0.293 e. The van der Waals surface area contributed by atoms with Crippen LogP contribution in [0.3, 0.4) is 0 Å². The van der Waals surface area contributed by atoms with E-state index in [4.69, 9.17) is 11.6 Å². The van der Waals surface area contributed by atoms with Crippen LogP contribution in [0, 0.1) is 10.1 Å². The molecular weight excluding hydrogens is 416 g/mol. The summed E-state index contributed by atoms with van der Waals surface area (Å²) in [5, 5.41) is 15.2. The summed E-state index contributed by atoms with van der Waals surface area (Å²) in [5.74, 6) is 0. The second kappa shape index (κ2) is 8.56. The molecule has 0 amide bonds. The van der Waals surface area contributed by atoms with E-state index in [2.05, 4.69) is 15.0 Å². The molecule has 0 aliphatic carbocycles. The minimum absolute atomic E-state index is 0.153. The van der Waals surface area contributed by atoms with Crippen LogP contribution in [0.25, 0.3) is 0 Å². The molecule has 0 aliphatic rings. The van der Waals surface area contributed by atoms with E-state index in [-0.39, 0.29) is 16.3 Å². The van der Waals surface area contributed by atoms with Gasteiger partial charge in [-0.05, 0) is 49.0 Å². The lowest BCUT2D eigenvalue weighted by atomic mass is 10.0. The number of hydrogen-bond donors (Lipinski definition) is 2. The molecule has 0 fully saturated rings. The van der Waals surface area contributed by atoms with E-state index in [0.717, 1.165) is 11.6 Å². The SMILES string of the molecule is CNS(=O)(=O)c1ccc(NC(c2cccc(Cl)c2)c2ccccn2)c([N+](=O)[O-])c1. The van der Waals surface area contributed by atoms with Crippen LogP contribution in [-0.2, 0) is 10.0 Å². The number of nitrogens with zero attached hydrogens (tertiary/aromatic N) is 2. The van der Waals surface area contributed by atoms with E-state index in [1.807, 2.05) is 6.07 Å². The van der Waals surface area contributed by atoms with Crippen LogP contribution in [0.2, 0.25) is 5.02 Å². The summed E-state index contributed by atoms with van der Waals surface area (Å²) < 4.78 is 26.2. The van der Waals surface area contributed by atoms with Crippen molar-refractivity contribution in [2.75, 3.05) is 12.4 Å². The van der Waals surface area contributed by atoms with Crippen molar-refractivity contribution >= 4 is 33.0 Å². The van der Waals surface area contributed by atoms with Gasteiger partial charge in [-0.3, -0.25) is 15.1 Å². The number of nitro groups is 1. The van der Waals surface area contributed by atoms with E-state index in [1.165, 1.54) is 19.2 Å². The Kier molecular flexibility index (Phi) is 6.12. The van der Waals surface area contributed by atoms with Gasteiger partial charge in [-0.15, -0.1) is 0 Å². The largest absolute Gasteiger partial charge is 0.367 e. The summed E-state index contributed by atoms with van der Waals surface area (Å²) >= 11 is 6.12. The number of nitro benzene ring substituents is 1. The molecule has 0 spiro atoms. The minimum atomic E-state index is -3.82. The standard InChI is InChI=1S/C19H17ClN4O4S/c1-21-29(27,28)15-8-9-16(18(12-15)24(25)26)23-19(17-7-2-3-10-22-17)13-5-4-6-14(20)11-13/h2-12,19,21,23H,1H3. The Bertz CT molecular complexity index is 1140. The molecule has 8 nitrogen and oxygen atoms in total. The Morgan fingerprint density at radius 2 is 1.90 bits per heavy atom. The highest BCUT2D eigenvalue weighted by atomic mass is 35.5. The smallest absolute Gasteiger partial charge is 0.293 e. The summed E-state index contributed by atoms with van der Waals surface area (Å²) in [6.07, 6.45) is 1.62. The molecule has 0 saturated carbocycles. The van der Waals surface area contributed by atoms with E-state index in [0.29, 0.717) is 10.7 Å². The van der Waals surface area contributed by atoms with Crippen LogP contribution in [0.5, 0.6) is 0 Å². The van der Waals surface area contributed by atoms with E-state index >= 15 is 0 Å². The van der Waals surface area contributed by atoms with Crippen molar-refractivity contribution in [2.45, 2.75) is 10.9 Å². The summed E-state index contributed by atoms with van der Waals surface area (Å²) in [6.45, 7) is 0. The molecule has 3 rings (SSSR count). The lowest BCUT2D eigenvalue weighted by Gasteiger charge is -2.20. The van der Waals surface area contributed by atoms with Crippen LogP contribution in [-0.4, -0.2) is 25.4 Å². The number of hydrogen-bond acceptors (Lipinski definition) is 6. The Labute approximate surface area is 172 Å². The van der Waals surface area contributed by atoms with Gasteiger partial charge in [0.2, 0.25) is 10.0 Å². The molecule has 150 valence electrons. The van der Waals surface area contributed by atoms with Crippen molar-refractivity contribution in [1.82, 2.24) is 9.71 Å². The number of nitrogens with one attached hydrogen (secondary N) is 2. The van der Waals surface area contributed by atoms with Gasteiger partial charge >= 0.3 is 0 Å². The highest BCUT2D eigenvalue weighted by molar-refractivity contribution is 7.89. The van der Waals surface area contributed by atoms with Gasteiger partial charge in [0.25, 0.3) is 5.69 Å². The van der Waals surface area contributed by atoms with Crippen LogP contribution < -0.4 is 10.0 Å². The average molecular weight is 433 g/mol. The normalized spacial score (nSPS) is 12.3. The molecule has 0 aliphatic heterocycles. The highest BCUT2D eigenvalue weighted by Gasteiger charge is 2.24. The summed E-state index contributed by atoms with van der Waals surface area (Å²) in [6, 6.07) is 15.5. The average Bonchev–Trinajstić information content (AvgIpc) is 2.72. The number of sulfonamides is 1. The summed E-state index contributed by atoms with van der Waals surface area (Å²) in [5.41, 5.74) is 1.15. The molecule has 0 radical (unpaired) electrons. The van der Waals surface area contributed by atoms with Crippen molar-refractivity contribution in [3.05, 3.63) is 93.3 Å². The van der Waals surface area contributed by atoms with Crippen molar-refractivity contribution in [3.63, 3.8) is 0 Å². The van der Waals surface area contributed by atoms with Gasteiger partial charge in [0.15, 0.2) is 0 Å². The number of pyridine rings is 1. The van der Waals surface area contributed by atoms with Gasteiger partial charge in [-0.2, -0.15) is 0 Å². The monoisotopic (exact) mass is 432 g/mol. The third-order valence-corrected chi connectivity index (χ3v) is 5.86. The molecule has 2 aromatic carbocycles. The van der Waals surface area contributed by atoms with Crippen LogP contribution in [0.1, 0.15) is 17.3 Å². The zero-order valence-corrected chi connectivity index (χ0v) is 16.8. The van der Waals surface area contributed by atoms with Crippen LogP contribution >= 0.6 is 11.6 Å². The molecule has 10 heteroatoms.